The molecule has 3 aromatic rings. The number of nitrogens with two attached hydrogens (primary N) is 1. The van der Waals surface area contributed by atoms with Gasteiger partial charge in [-0.2, -0.15) is 5.10 Å². The number of thiazole rings is 1. The molecule has 0 unspecified atom stereocenters. The summed E-state index contributed by atoms with van der Waals surface area (Å²) in [5.41, 5.74) is 11.7. The van der Waals surface area contributed by atoms with Crippen LogP contribution in [0.15, 0.2) is 47.6 Å². The highest BCUT2D eigenvalue weighted by atomic mass is 32.1. The minimum atomic E-state index is -0.346. The number of anilines is 1. The first-order valence-corrected chi connectivity index (χ1v) is 10.3. The SMILES string of the molecule is CCOc1cc(/C=N\NC(=O)c2sc(N)nc2C)ccc1OCc1cccc(C)c1. The van der Waals surface area contributed by atoms with Crippen LogP contribution in [0, 0.1) is 13.8 Å². The van der Waals surface area contributed by atoms with E-state index < -0.39 is 0 Å². The summed E-state index contributed by atoms with van der Waals surface area (Å²) in [4.78, 5) is 16.7. The fourth-order valence-corrected chi connectivity index (χ4v) is 3.52. The van der Waals surface area contributed by atoms with Crippen molar-refractivity contribution in [3.63, 3.8) is 0 Å². The van der Waals surface area contributed by atoms with Crippen LogP contribution in [0.2, 0.25) is 0 Å². The lowest BCUT2D eigenvalue weighted by molar-refractivity contribution is 0.0958. The van der Waals surface area contributed by atoms with Gasteiger partial charge in [-0.3, -0.25) is 4.79 Å². The molecule has 0 spiro atoms. The Labute approximate surface area is 179 Å². The predicted octanol–water partition coefficient (Wildman–Crippen LogP) is 4.08. The number of benzene rings is 2. The first-order valence-electron chi connectivity index (χ1n) is 9.47. The van der Waals surface area contributed by atoms with Gasteiger partial charge in [0, 0.05) is 0 Å². The zero-order valence-electron chi connectivity index (χ0n) is 17.1. The number of hydrazone groups is 1. The number of carbonyl (C=O) groups is 1. The summed E-state index contributed by atoms with van der Waals surface area (Å²) in [7, 11) is 0. The maximum Gasteiger partial charge on any atom is 0.283 e. The second-order valence-corrected chi connectivity index (χ2v) is 7.61. The maximum absolute atomic E-state index is 12.2. The molecule has 156 valence electrons. The van der Waals surface area contributed by atoms with Gasteiger partial charge in [0.1, 0.15) is 11.5 Å². The molecule has 3 N–H and O–H groups in total. The van der Waals surface area contributed by atoms with Crippen LogP contribution in [-0.2, 0) is 6.61 Å². The van der Waals surface area contributed by atoms with Crippen LogP contribution >= 0.6 is 11.3 Å². The lowest BCUT2D eigenvalue weighted by atomic mass is 10.1. The number of nitrogens with zero attached hydrogens (tertiary/aromatic N) is 2. The van der Waals surface area contributed by atoms with Crippen molar-refractivity contribution in [2.45, 2.75) is 27.4 Å². The summed E-state index contributed by atoms with van der Waals surface area (Å²) in [6.45, 7) is 6.64. The van der Waals surface area contributed by atoms with Crippen molar-refractivity contribution in [1.82, 2.24) is 10.4 Å². The number of carbonyl (C=O) groups excluding carboxylic acids is 1. The van der Waals surface area contributed by atoms with E-state index in [-0.39, 0.29) is 5.91 Å². The third-order valence-electron chi connectivity index (χ3n) is 4.14. The van der Waals surface area contributed by atoms with Gasteiger partial charge < -0.3 is 15.2 Å². The highest BCUT2D eigenvalue weighted by Gasteiger charge is 2.13. The normalized spacial score (nSPS) is 10.9. The molecule has 1 heterocycles. The number of aromatic nitrogens is 1. The molecule has 0 bridgehead atoms. The van der Waals surface area contributed by atoms with E-state index in [1.165, 1.54) is 5.56 Å². The number of hydrogen-bond donors (Lipinski definition) is 2. The van der Waals surface area contributed by atoms with Crippen molar-refractivity contribution >= 4 is 28.6 Å². The van der Waals surface area contributed by atoms with Gasteiger partial charge in [-0.1, -0.05) is 41.2 Å². The number of amides is 1. The molecular weight excluding hydrogens is 400 g/mol. The lowest BCUT2D eigenvalue weighted by Crippen LogP contribution is -2.17. The van der Waals surface area contributed by atoms with Gasteiger partial charge in [0.05, 0.1) is 18.5 Å². The molecule has 1 amide bonds. The molecule has 0 fully saturated rings. The molecule has 0 saturated heterocycles. The number of aryl methyl sites for hydroxylation is 2. The first kappa shape index (κ1) is 21.3. The maximum atomic E-state index is 12.2. The molecule has 0 atom stereocenters. The van der Waals surface area contributed by atoms with Crippen LogP contribution in [0.25, 0.3) is 0 Å². The van der Waals surface area contributed by atoms with Crippen molar-refractivity contribution in [2.75, 3.05) is 12.3 Å². The molecule has 0 radical (unpaired) electrons. The minimum absolute atomic E-state index is 0.346. The van der Waals surface area contributed by atoms with E-state index in [4.69, 9.17) is 15.2 Å². The quantitative estimate of drug-likeness (QED) is 0.419. The topological polar surface area (TPSA) is 98.8 Å². The van der Waals surface area contributed by atoms with Gasteiger partial charge in [0.2, 0.25) is 0 Å². The Hall–Kier alpha value is -3.39. The largest absolute Gasteiger partial charge is 0.490 e. The van der Waals surface area contributed by atoms with Crippen molar-refractivity contribution in [3.8, 4) is 11.5 Å². The molecule has 0 saturated carbocycles. The lowest BCUT2D eigenvalue weighted by Gasteiger charge is -2.13. The number of hydrogen-bond acceptors (Lipinski definition) is 7. The number of rotatable bonds is 8. The summed E-state index contributed by atoms with van der Waals surface area (Å²) in [6, 6.07) is 13.7. The molecule has 8 heteroatoms. The van der Waals surface area contributed by atoms with Crippen LogP contribution in [-0.4, -0.2) is 23.7 Å². The average molecular weight is 425 g/mol. The van der Waals surface area contributed by atoms with Crippen molar-refractivity contribution in [3.05, 3.63) is 69.7 Å². The predicted molar refractivity (Wildman–Crippen MR) is 119 cm³/mol. The van der Waals surface area contributed by atoms with Gasteiger partial charge in [0.15, 0.2) is 16.6 Å². The van der Waals surface area contributed by atoms with E-state index in [9.17, 15) is 4.79 Å². The molecule has 2 aromatic carbocycles. The molecule has 0 aliphatic carbocycles. The van der Waals surface area contributed by atoms with Crippen LogP contribution in [0.4, 0.5) is 5.13 Å². The second-order valence-electron chi connectivity index (χ2n) is 6.58. The second kappa shape index (κ2) is 9.89. The minimum Gasteiger partial charge on any atom is -0.490 e. The summed E-state index contributed by atoms with van der Waals surface area (Å²) in [5, 5.41) is 4.37. The number of nitrogens with one attached hydrogen (secondary N) is 1. The molecule has 1 aromatic heterocycles. The van der Waals surface area contributed by atoms with E-state index in [0.717, 1.165) is 22.5 Å². The summed E-state index contributed by atoms with van der Waals surface area (Å²) >= 11 is 1.13. The zero-order valence-corrected chi connectivity index (χ0v) is 18.0. The molecule has 30 heavy (non-hydrogen) atoms. The first-order chi connectivity index (χ1) is 14.5. The smallest absolute Gasteiger partial charge is 0.283 e. The van der Waals surface area contributed by atoms with Gasteiger partial charge >= 0.3 is 0 Å². The third-order valence-corrected chi connectivity index (χ3v) is 5.13. The van der Waals surface area contributed by atoms with Crippen LogP contribution in [0.1, 0.15) is 39.0 Å². The van der Waals surface area contributed by atoms with Crippen LogP contribution in [0.5, 0.6) is 11.5 Å². The van der Waals surface area contributed by atoms with E-state index in [1.54, 1.807) is 13.1 Å². The van der Waals surface area contributed by atoms with Crippen molar-refractivity contribution in [1.29, 1.82) is 0 Å². The van der Waals surface area contributed by atoms with Crippen molar-refractivity contribution < 1.29 is 14.3 Å². The van der Waals surface area contributed by atoms with Gasteiger partial charge in [-0.05, 0) is 50.1 Å². The average Bonchev–Trinajstić information content (AvgIpc) is 3.06. The van der Waals surface area contributed by atoms with E-state index in [0.29, 0.717) is 40.4 Å². The Morgan fingerprint density at radius 2 is 2.03 bits per heavy atom. The summed E-state index contributed by atoms with van der Waals surface area (Å²) in [6.07, 6.45) is 1.55. The number of nitrogen functional groups attached to an aromatic ring is 1. The van der Waals surface area contributed by atoms with E-state index >= 15 is 0 Å². The zero-order chi connectivity index (χ0) is 21.5. The van der Waals surface area contributed by atoms with Gasteiger partial charge in [-0.15, -0.1) is 0 Å². The van der Waals surface area contributed by atoms with Gasteiger partial charge in [0.25, 0.3) is 5.91 Å². The summed E-state index contributed by atoms with van der Waals surface area (Å²) < 4.78 is 11.7. The number of ether oxygens (including phenoxy) is 2. The fraction of sp³-hybridized carbons (Fsp3) is 0.227. The highest BCUT2D eigenvalue weighted by molar-refractivity contribution is 7.17. The Morgan fingerprint density at radius 1 is 1.20 bits per heavy atom. The standard InChI is InChI=1S/C22H24N4O3S/c1-4-28-19-11-16(12-24-26-21(27)20-15(3)25-22(23)30-20)8-9-18(19)29-13-17-7-5-6-14(2)10-17/h5-12H,4,13H2,1-3H3,(H2,23,25)(H,26,27)/b24-12-. The Balaban J connectivity index is 1.67. The molecule has 0 aliphatic heterocycles. The summed E-state index contributed by atoms with van der Waals surface area (Å²) in [5.74, 6) is 0.919. The molecular formula is C22H24N4O3S. The molecule has 3 rings (SSSR count). The Bertz CT molecular complexity index is 1060. The monoisotopic (exact) mass is 424 g/mol. The van der Waals surface area contributed by atoms with Crippen LogP contribution < -0.4 is 20.6 Å². The van der Waals surface area contributed by atoms with E-state index in [1.807, 2.05) is 50.2 Å². The van der Waals surface area contributed by atoms with Crippen LogP contribution in [0.3, 0.4) is 0 Å². The molecule has 7 nitrogen and oxygen atoms in total. The van der Waals surface area contributed by atoms with Crippen molar-refractivity contribution in [2.24, 2.45) is 5.10 Å². The Morgan fingerprint density at radius 3 is 2.73 bits per heavy atom. The Kier molecular flexibility index (Phi) is 7.03. The van der Waals surface area contributed by atoms with E-state index in [2.05, 4.69) is 21.6 Å². The highest BCUT2D eigenvalue weighted by Crippen LogP contribution is 2.29. The fourth-order valence-electron chi connectivity index (χ4n) is 2.80. The molecule has 0 aliphatic rings. The van der Waals surface area contributed by atoms with Gasteiger partial charge in [-0.25, -0.2) is 10.4 Å². The third kappa shape index (κ3) is 5.57.